The second kappa shape index (κ2) is 8.38. The third-order valence-corrected chi connectivity index (χ3v) is 3.38. The number of carbonyl (C=O) groups is 3. The van der Waals surface area contributed by atoms with E-state index in [1.165, 1.54) is 6.07 Å². The lowest BCUT2D eigenvalue weighted by atomic mass is 10.0. The van der Waals surface area contributed by atoms with Crippen molar-refractivity contribution in [2.45, 2.75) is 26.3 Å². The van der Waals surface area contributed by atoms with Crippen molar-refractivity contribution in [1.82, 2.24) is 5.32 Å². The van der Waals surface area contributed by atoms with E-state index in [4.69, 9.17) is 22.1 Å². The molecule has 0 heterocycles. The maximum atomic E-state index is 12.1. The van der Waals surface area contributed by atoms with Gasteiger partial charge in [-0.25, -0.2) is 0 Å². The second-order valence-electron chi connectivity index (χ2n) is 4.80. The van der Waals surface area contributed by atoms with Gasteiger partial charge in [-0.2, -0.15) is 0 Å². The van der Waals surface area contributed by atoms with Crippen molar-refractivity contribution in [3.8, 4) is 0 Å². The molecule has 0 fully saturated rings. The second-order valence-corrected chi connectivity index (χ2v) is 5.20. The molecule has 1 rings (SSSR count). The van der Waals surface area contributed by atoms with Gasteiger partial charge in [0, 0.05) is 0 Å². The molecule has 0 aliphatic carbocycles. The quantitative estimate of drug-likeness (QED) is 0.742. The number of carbonyl (C=O) groups excluding carboxylic acids is 3. The normalized spacial score (nSPS) is 13.0. The van der Waals surface area contributed by atoms with Crippen LogP contribution in [0.2, 0.25) is 5.02 Å². The molecule has 0 unspecified atom stereocenters. The van der Waals surface area contributed by atoms with Crippen LogP contribution in [-0.2, 0) is 14.3 Å². The van der Waals surface area contributed by atoms with Crippen LogP contribution < -0.4 is 11.1 Å². The number of halogens is 1. The Morgan fingerprint density at radius 3 is 2.50 bits per heavy atom. The standard InChI is InChI=1S/C15H19ClN2O4/c1-3-22-15(21)9(2)8-12(13(17)19)18-14(20)10-6-4-5-7-11(10)16/h4-7,9,12H,3,8H2,1-2H3,(H2,17,19)(H,18,20)/t9-,12+/m1/s1. The highest BCUT2D eigenvalue weighted by Crippen LogP contribution is 2.16. The molecule has 7 heteroatoms. The minimum absolute atomic E-state index is 0.0599. The lowest BCUT2D eigenvalue weighted by Crippen LogP contribution is -2.46. The molecule has 2 amide bonds. The number of amides is 2. The third-order valence-electron chi connectivity index (χ3n) is 3.05. The smallest absolute Gasteiger partial charge is 0.308 e. The minimum atomic E-state index is -0.983. The molecule has 1 aromatic rings. The number of hydrogen-bond donors (Lipinski definition) is 2. The summed E-state index contributed by atoms with van der Waals surface area (Å²) in [5.74, 6) is -2.26. The molecule has 22 heavy (non-hydrogen) atoms. The Morgan fingerprint density at radius 2 is 1.95 bits per heavy atom. The molecule has 3 N–H and O–H groups in total. The van der Waals surface area contributed by atoms with E-state index in [0.29, 0.717) is 0 Å². The predicted molar refractivity (Wildman–Crippen MR) is 82.3 cm³/mol. The summed E-state index contributed by atoms with van der Waals surface area (Å²) in [7, 11) is 0. The number of nitrogens with two attached hydrogens (primary N) is 1. The molecular formula is C15H19ClN2O4. The first kappa shape index (κ1) is 18.0. The van der Waals surface area contributed by atoms with Crippen molar-refractivity contribution < 1.29 is 19.1 Å². The first-order valence-electron chi connectivity index (χ1n) is 6.88. The molecule has 0 spiro atoms. The first-order valence-corrected chi connectivity index (χ1v) is 7.26. The summed E-state index contributed by atoms with van der Waals surface area (Å²) in [6, 6.07) is 5.46. The minimum Gasteiger partial charge on any atom is -0.466 e. The Hall–Kier alpha value is -2.08. The van der Waals surface area contributed by atoms with E-state index >= 15 is 0 Å². The van der Waals surface area contributed by atoms with Crippen LogP contribution in [0.1, 0.15) is 30.6 Å². The number of hydrogen-bond acceptors (Lipinski definition) is 4. The van der Waals surface area contributed by atoms with Crippen molar-refractivity contribution in [3.05, 3.63) is 34.9 Å². The van der Waals surface area contributed by atoms with E-state index in [1.807, 2.05) is 0 Å². The summed E-state index contributed by atoms with van der Waals surface area (Å²) in [6.45, 7) is 3.54. The predicted octanol–water partition coefficient (Wildman–Crippen LogP) is 1.51. The van der Waals surface area contributed by atoms with Crippen molar-refractivity contribution in [2.75, 3.05) is 6.61 Å². The SMILES string of the molecule is CCOC(=O)[C@H](C)C[C@H](NC(=O)c1ccccc1Cl)C(N)=O. The van der Waals surface area contributed by atoms with Crippen LogP contribution in [0.25, 0.3) is 0 Å². The fourth-order valence-corrected chi connectivity index (χ4v) is 2.08. The average Bonchev–Trinajstić information content (AvgIpc) is 2.46. The Labute approximate surface area is 134 Å². The number of benzene rings is 1. The van der Waals surface area contributed by atoms with Crippen LogP contribution in [0, 0.1) is 5.92 Å². The highest BCUT2D eigenvalue weighted by atomic mass is 35.5. The van der Waals surface area contributed by atoms with Gasteiger partial charge in [0.15, 0.2) is 0 Å². The van der Waals surface area contributed by atoms with Crippen LogP contribution >= 0.6 is 11.6 Å². The Bertz CT molecular complexity index is 562. The van der Waals surface area contributed by atoms with Crippen molar-refractivity contribution in [3.63, 3.8) is 0 Å². The Kier molecular flexibility index (Phi) is 6.85. The van der Waals surface area contributed by atoms with Crippen LogP contribution in [0.4, 0.5) is 0 Å². The molecule has 6 nitrogen and oxygen atoms in total. The number of primary amides is 1. The van der Waals surface area contributed by atoms with Gasteiger partial charge in [-0.3, -0.25) is 14.4 Å². The Balaban J connectivity index is 2.77. The summed E-state index contributed by atoms with van der Waals surface area (Å²) < 4.78 is 4.87. The van der Waals surface area contributed by atoms with Gasteiger partial charge < -0.3 is 15.8 Å². The first-order chi connectivity index (χ1) is 10.4. The molecule has 0 bridgehead atoms. The maximum Gasteiger partial charge on any atom is 0.308 e. The van der Waals surface area contributed by atoms with E-state index in [-0.39, 0.29) is 23.6 Å². The maximum absolute atomic E-state index is 12.1. The van der Waals surface area contributed by atoms with Gasteiger partial charge in [-0.05, 0) is 25.5 Å². The van der Waals surface area contributed by atoms with Gasteiger partial charge >= 0.3 is 5.97 Å². The molecule has 120 valence electrons. The highest BCUT2D eigenvalue weighted by molar-refractivity contribution is 6.33. The molecule has 0 saturated carbocycles. The van der Waals surface area contributed by atoms with Gasteiger partial charge in [0.2, 0.25) is 5.91 Å². The lowest BCUT2D eigenvalue weighted by molar-refractivity contribution is -0.147. The largest absolute Gasteiger partial charge is 0.466 e. The van der Waals surface area contributed by atoms with Gasteiger partial charge in [0.05, 0.1) is 23.1 Å². The highest BCUT2D eigenvalue weighted by Gasteiger charge is 2.26. The van der Waals surface area contributed by atoms with Crippen molar-refractivity contribution in [1.29, 1.82) is 0 Å². The monoisotopic (exact) mass is 326 g/mol. The summed E-state index contributed by atoms with van der Waals surface area (Å²) in [5.41, 5.74) is 5.52. The summed E-state index contributed by atoms with van der Waals surface area (Å²) in [4.78, 5) is 35.2. The van der Waals surface area contributed by atoms with Crippen LogP contribution in [0.5, 0.6) is 0 Å². The van der Waals surface area contributed by atoms with Gasteiger partial charge in [-0.1, -0.05) is 30.7 Å². The number of ether oxygens (including phenoxy) is 1. The molecule has 0 radical (unpaired) electrons. The average molecular weight is 327 g/mol. The van der Waals surface area contributed by atoms with E-state index in [1.54, 1.807) is 32.0 Å². The number of rotatable bonds is 7. The third kappa shape index (κ3) is 5.04. The number of nitrogens with one attached hydrogen (secondary N) is 1. The zero-order valence-corrected chi connectivity index (χ0v) is 13.2. The van der Waals surface area contributed by atoms with E-state index in [2.05, 4.69) is 5.32 Å². The Morgan fingerprint density at radius 1 is 1.32 bits per heavy atom. The number of esters is 1. The molecule has 0 aliphatic heterocycles. The molecule has 0 aromatic heterocycles. The van der Waals surface area contributed by atoms with Gasteiger partial charge in [0.1, 0.15) is 6.04 Å². The molecule has 0 aliphatic rings. The van der Waals surface area contributed by atoms with Crippen LogP contribution in [0.3, 0.4) is 0 Å². The van der Waals surface area contributed by atoms with Crippen molar-refractivity contribution in [2.24, 2.45) is 11.7 Å². The molecule has 2 atom stereocenters. The zero-order chi connectivity index (χ0) is 16.7. The van der Waals surface area contributed by atoms with E-state index in [9.17, 15) is 14.4 Å². The van der Waals surface area contributed by atoms with Gasteiger partial charge in [-0.15, -0.1) is 0 Å². The fourth-order valence-electron chi connectivity index (χ4n) is 1.86. The summed E-state index contributed by atoms with van der Waals surface area (Å²) >= 11 is 5.93. The summed E-state index contributed by atoms with van der Waals surface area (Å²) in [5, 5.41) is 2.76. The lowest BCUT2D eigenvalue weighted by Gasteiger charge is -2.19. The fraction of sp³-hybridized carbons (Fsp3) is 0.400. The van der Waals surface area contributed by atoms with Crippen LogP contribution in [-0.4, -0.2) is 30.4 Å². The van der Waals surface area contributed by atoms with Crippen molar-refractivity contribution >= 4 is 29.4 Å². The van der Waals surface area contributed by atoms with E-state index < -0.39 is 29.7 Å². The zero-order valence-electron chi connectivity index (χ0n) is 12.5. The summed E-state index contributed by atoms with van der Waals surface area (Å²) in [6.07, 6.45) is 0.0599. The van der Waals surface area contributed by atoms with Gasteiger partial charge in [0.25, 0.3) is 5.91 Å². The van der Waals surface area contributed by atoms with E-state index in [0.717, 1.165) is 0 Å². The molecule has 1 aromatic carbocycles. The molecule has 0 saturated heterocycles. The van der Waals surface area contributed by atoms with Crippen LogP contribution in [0.15, 0.2) is 24.3 Å². The topological polar surface area (TPSA) is 98.5 Å². The molecular weight excluding hydrogens is 308 g/mol.